The second-order valence-corrected chi connectivity index (χ2v) is 17.3. The Morgan fingerprint density at radius 3 is 0.889 bits per heavy atom. The number of non-ortho nitro benzene ring substituents is 3. The van der Waals surface area contributed by atoms with Gasteiger partial charge in [0, 0.05) is 70.8 Å². The lowest BCUT2D eigenvalue weighted by molar-refractivity contribution is -0.385. The third-order valence-corrected chi connectivity index (χ3v) is 12.2. The number of hydrogen-bond donors (Lipinski definition) is 3. The van der Waals surface area contributed by atoms with Crippen molar-refractivity contribution in [1.29, 1.82) is 0 Å². The normalized spacial score (nSPS) is 28.1. The van der Waals surface area contributed by atoms with Gasteiger partial charge < -0.3 is 44.4 Å². The minimum Gasteiger partial charge on any atom is -0.455 e. The van der Waals surface area contributed by atoms with E-state index in [1.54, 1.807) is 39.0 Å². The molecule has 4 aliphatic heterocycles. The van der Waals surface area contributed by atoms with Crippen LogP contribution in [0.1, 0.15) is 51.8 Å². The summed E-state index contributed by atoms with van der Waals surface area (Å²) in [6, 6.07) is 14.2. The lowest BCUT2D eigenvalue weighted by Gasteiger charge is -2.38. The molecule has 0 unspecified atom stereocenters. The van der Waals surface area contributed by atoms with Crippen LogP contribution in [0.25, 0.3) is 0 Å². The number of esters is 3. The molecule has 0 radical (unpaired) electrons. The molecule has 0 saturated carbocycles. The zero-order valence-electron chi connectivity index (χ0n) is 38.6. The molecule has 24 nitrogen and oxygen atoms in total. The highest BCUT2D eigenvalue weighted by atomic mass is 16.7. The largest absolute Gasteiger partial charge is 0.455 e. The molecule has 378 valence electrons. The highest BCUT2D eigenvalue weighted by Crippen LogP contribution is 2.30. The number of benzene rings is 3. The minimum absolute atomic E-state index is 0.0306. The molecule has 6 bridgehead atoms. The van der Waals surface area contributed by atoms with E-state index in [1.807, 2.05) is 0 Å². The maximum Gasteiger partial charge on any atom is 0.336 e. The van der Waals surface area contributed by atoms with Crippen LogP contribution in [0.4, 0.5) is 17.1 Å². The number of ether oxygens (including phenoxy) is 6. The Morgan fingerprint density at radius 2 is 0.667 bits per heavy atom. The Labute approximate surface area is 409 Å². The van der Waals surface area contributed by atoms with Crippen LogP contribution >= 0.6 is 0 Å². The number of amides is 3. The molecule has 1 fully saturated rings. The number of cyclic esters (lactones) is 3. The van der Waals surface area contributed by atoms with Crippen molar-refractivity contribution in [1.82, 2.24) is 16.0 Å². The molecule has 24 heteroatoms. The number of fused-ring (bicyclic) bond motifs is 6. The lowest BCUT2D eigenvalue weighted by atomic mass is 9.96. The second-order valence-electron chi connectivity index (χ2n) is 17.3. The van der Waals surface area contributed by atoms with Crippen LogP contribution in [0.5, 0.6) is 0 Å². The molecule has 72 heavy (non-hydrogen) atoms. The number of nitrogens with zero attached hydrogens (tertiary/aromatic N) is 3. The Balaban J connectivity index is 1.21. The van der Waals surface area contributed by atoms with Crippen molar-refractivity contribution in [2.45, 2.75) is 75.7 Å². The third kappa shape index (κ3) is 12.4. The number of carbonyl (C=O) groups is 6. The molecule has 3 aromatic rings. The van der Waals surface area contributed by atoms with Crippen molar-refractivity contribution in [2.24, 2.45) is 17.8 Å². The van der Waals surface area contributed by atoms with E-state index in [0.29, 0.717) is 0 Å². The van der Waals surface area contributed by atoms with Gasteiger partial charge in [-0.1, -0.05) is 57.2 Å². The van der Waals surface area contributed by atoms with Gasteiger partial charge in [-0.05, 0) is 36.4 Å². The fourth-order valence-corrected chi connectivity index (χ4v) is 8.03. The number of nitro benzene ring substituents is 3. The standard InChI is InChI=1S/C48H48N6O18/c1-25-4-19-34-37(22-49-43(55)28-7-13-31(14-8-28)52(61)62)71-47(59)41-27(3)6-21-36(69-41)39(24-51-45(57)30-11-17-33(18-12-30)54(65)66)72-48(60)42-26(2)5-20-35(68-42)38(70-46(58)40(25)67-34)23-50-44(56)29-9-15-32(16-10-29)53(63)64/h4-21,25-27,34-42H,22-24H2,1-3H3,(H,49,55)(H,50,56)(H,51,57)/t25-,26-,27-,34-,35-,36-,37+,38+,39+,40+,41+,42+/m0/s1. The summed E-state index contributed by atoms with van der Waals surface area (Å²) in [4.78, 5) is 115. The van der Waals surface area contributed by atoms with Crippen LogP contribution in [0.3, 0.4) is 0 Å². The summed E-state index contributed by atoms with van der Waals surface area (Å²) in [6.45, 7) is 3.64. The van der Waals surface area contributed by atoms with Gasteiger partial charge in [-0.25, -0.2) is 14.4 Å². The van der Waals surface area contributed by atoms with E-state index < -0.39 is 143 Å². The summed E-state index contributed by atoms with van der Waals surface area (Å²) in [5, 5.41) is 41.6. The summed E-state index contributed by atoms with van der Waals surface area (Å²) in [5.74, 6) is -7.04. The van der Waals surface area contributed by atoms with E-state index in [-0.39, 0.29) is 33.8 Å². The summed E-state index contributed by atoms with van der Waals surface area (Å²) < 4.78 is 37.0. The third-order valence-electron chi connectivity index (χ3n) is 12.2. The first kappa shape index (κ1) is 51.6. The predicted molar refractivity (Wildman–Crippen MR) is 247 cm³/mol. The number of rotatable bonds is 12. The van der Waals surface area contributed by atoms with Gasteiger partial charge in [-0.15, -0.1) is 0 Å². The summed E-state index contributed by atoms with van der Waals surface area (Å²) in [7, 11) is 0. The van der Waals surface area contributed by atoms with Gasteiger partial charge in [0.15, 0.2) is 18.3 Å². The maximum absolute atomic E-state index is 14.3. The second kappa shape index (κ2) is 22.7. The zero-order valence-corrected chi connectivity index (χ0v) is 38.6. The van der Waals surface area contributed by atoms with E-state index in [0.717, 1.165) is 36.4 Å². The van der Waals surface area contributed by atoms with E-state index in [9.17, 15) is 59.1 Å². The Morgan fingerprint density at radius 1 is 0.431 bits per heavy atom. The molecule has 3 amide bonds. The molecule has 1 saturated heterocycles. The number of carbonyl (C=O) groups excluding carboxylic acids is 6. The number of nitrogens with one attached hydrogen (secondary N) is 3. The van der Waals surface area contributed by atoms with Gasteiger partial charge in [-0.2, -0.15) is 0 Å². The molecule has 3 N–H and O–H groups in total. The van der Waals surface area contributed by atoms with E-state index in [1.165, 1.54) is 54.6 Å². The van der Waals surface area contributed by atoms with E-state index >= 15 is 0 Å². The average molecular weight is 997 g/mol. The van der Waals surface area contributed by atoms with Gasteiger partial charge >= 0.3 is 17.9 Å². The monoisotopic (exact) mass is 996 g/mol. The molecule has 4 aliphatic rings. The van der Waals surface area contributed by atoms with Crippen LogP contribution in [-0.2, 0) is 42.8 Å². The average Bonchev–Trinajstić information content (AvgIpc) is 3.37. The predicted octanol–water partition coefficient (Wildman–Crippen LogP) is 3.63. The fourth-order valence-electron chi connectivity index (χ4n) is 8.03. The van der Waals surface area contributed by atoms with Crippen LogP contribution in [0, 0.1) is 48.1 Å². The Hall–Kier alpha value is -8.22. The SMILES string of the molecule is C[C@H]1C=C[C@@H]2O[C@H]1C(=O)O[C@H](CNC(=O)c1ccc([N+](=O)[O-])cc1)[C@@H]1C=C[C@H](C)[C@@H](O1)C(=O)O[C@H](CNC(=O)c1ccc([N+](=O)[O-])cc1)[C@@H]1C=C[C@H](C)[C@@H](O1)C(=O)O[C@@H]2CNC(=O)c1ccc([N+](=O)[O-])cc1. The molecule has 0 aliphatic carbocycles. The molecule has 3 aromatic carbocycles. The van der Waals surface area contributed by atoms with Gasteiger partial charge in [0.05, 0.1) is 34.4 Å². The Kier molecular flexibility index (Phi) is 16.3. The number of nitro groups is 3. The maximum atomic E-state index is 14.3. The lowest BCUT2D eigenvalue weighted by Crippen LogP contribution is -2.53. The fraction of sp³-hybridized carbons (Fsp3) is 0.375. The topological polar surface area (TPSA) is 323 Å². The molecular formula is C48H48N6O18. The molecule has 0 aromatic heterocycles. The molecule has 4 heterocycles. The molecular weight excluding hydrogens is 949 g/mol. The smallest absolute Gasteiger partial charge is 0.336 e. The van der Waals surface area contributed by atoms with Crippen LogP contribution in [0.15, 0.2) is 109 Å². The highest BCUT2D eigenvalue weighted by Gasteiger charge is 2.44. The summed E-state index contributed by atoms with van der Waals surface area (Å²) >= 11 is 0. The first-order chi connectivity index (χ1) is 34.4. The number of hydrogen-bond acceptors (Lipinski definition) is 18. The molecule has 12 atom stereocenters. The van der Waals surface area contributed by atoms with Gasteiger partial charge in [0.2, 0.25) is 0 Å². The quantitative estimate of drug-likeness (QED) is 0.0767. The molecule has 0 spiro atoms. The van der Waals surface area contributed by atoms with Crippen molar-refractivity contribution >= 4 is 52.7 Å². The summed E-state index contributed by atoms with van der Waals surface area (Å²) in [5.41, 5.74) is -0.687. The molecule has 7 rings (SSSR count). The van der Waals surface area contributed by atoms with Crippen molar-refractivity contribution in [3.8, 4) is 0 Å². The van der Waals surface area contributed by atoms with Crippen molar-refractivity contribution < 1.29 is 72.0 Å². The van der Waals surface area contributed by atoms with Crippen LogP contribution in [0.2, 0.25) is 0 Å². The van der Waals surface area contributed by atoms with Gasteiger partial charge in [0.1, 0.15) is 36.6 Å². The minimum atomic E-state index is -1.40. The van der Waals surface area contributed by atoms with Gasteiger partial charge in [0.25, 0.3) is 34.8 Å². The zero-order chi connectivity index (χ0) is 51.8. The van der Waals surface area contributed by atoms with E-state index in [2.05, 4.69) is 16.0 Å². The van der Waals surface area contributed by atoms with E-state index in [4.69, 9.17) is 28.4 Å². The van der Waals surface area contributed by atoms with Crippen LogP contribution < -0.4 is 16.0 Å². The van der Waals surface area contributed by atoms with Gasteiger partial charge in [-0.3, -0.25) is 44.7 Å². The first-order valence-corrected chi connectivity index (χ1v) is 22.6. The highest BCUT2D eigenvalue weighted by molar-refractivity contribution is 5.95. The van der Waals surface area contributed by atoms with Crippen molar-refractivity contribution in [2.75, 3.05) is 19.6 Å². The van der Waals surface area contributed by atoms with Crippen molar-refractivity contribution in [3.05, 3.63) is 156 Å². The van der Waals surface area contributed by atoms with Crippen LogP contribution in [-0.4, -0.2) is 125 Å². The first-order valence-electron chi connectivity index (χ1n) is 22.6. The van der Waals surface area contributed by atoms with Crippen molar-refractivity contribution in [3.63, 3.8) is 0 Å². The Bertz CT molecular complexity index is 2390. The summed E-state index contributed by atoms with van der Waals surface area (Å²) in [6.07, 6.45) is -2.61.